The van der Waals surface area contributed by atoms with Gasteiger partial charge in [0.15, 0.2) is 5.54 Å². The van der Waals surface area contributed by atoms with E-state index in [0.29, 0.717) is 6.61 Å². The molecule has 0 fully saturated rings. The SMILES string of the molecule is NC1=N[C@@]2(CO1)c1ccccc1Oc1ccc(-c3cc4ccccc4o3)cc12. The van der Waals surface area contributed by atoms with Crippen molar-refractivity contribution in [1.82, 2.24) is 0 Å². The van der Waals surface area contributed by atoms with Crippen LogP contribution >= 0.6 is 0 Å². The molecule has 1 atom stereocenters. The molecule has 5 nitrogen and oxygen atoms in total. The van der Waals surface area contributed by atoms with E-state index in [1.807, 2.05) is 66.7 Å². The van der Waals surface area contributed by atoms with E-state index in [2.05, 4.69) is 6.07 Å². The Balaban J connectivity index is 1.57. The quantitative estimate of drug-likeness (QED) is 0.524. The molecule has 0 radical (unpaired) electrons. The van der Waals surface area contributed by atoms with E-state index in [0.717, 1.165) is 44.9 Å². The molecular formula is C23H16N2O3. The number of amidine groups is 1. The van der Waals surface area contributed by atoms with E-state index in [9.17, 15) is 0 Å². The van der Waals surface area contributed by atoms with Crippen LogP contribution in [0.25, 0.3) is 22.3 Å². The molecule has 0 saturated heterocycles. The average Bonchev–Trinajstić information content (AvgIpc) is 3.33. The number of aliphatic imine (C=N–C) groups is 1. The lowest BCUT2D eigenvalue weighted by atomic mass is 9.81. The summed E-state index contributed by atoms with van der Waals surface area (Å²) in [5.74, 6) is 2.32. The second-order valence-corrected chi connectivity index (χ2v) is 7.06. The Bertz CT molecular complexity index is 1240. The van der Waals surface area contributed by atoms with Crippen LogP contribution in [0.3, 0.4) is 0 Å². The zero-order valence-corrected chi connectivity index (χ0v) is 14.9. The summed E-state index contributed by atoms with van der Waals surface area (Å²) in [4.78, 5) is 4.70. The first-order chi connectivity index (χ1) is 13.7. The number of nitrogens with zero attached hydrogens (tertiary/aromatic N) is 1. The zero-order valence-electron chi connectivity index (χ0n) is 14.9. The molecule has 0 unspecified atom stereocenters. The summed E-state index contributed by atoms with van der Waals surface area (Å²) in [5.41, 5.74) is 8.90. The van der Waals surface area contributed by atoms with Crippen LogP contribution in [0.5, 0.6) is 11.5 Å². The van der Waals surface area contributed by atoms with Gasteiger partial charge in [0.05, 0.1) is 0 Å². The van der Waals surface area contributed by atoms with Crippen molar-refractivity contribution in [3.63, 3.8) is 0 Å². The summed E-state index contributed by atoms with van der Waals surface area (Å²) in [5, 5.41) is 1.07. The van der Waals surface area contributed by atoms with Gasteiger partial charge in [-0.2, -0.15) is 0 Å². The van der Waals surface area contributed by atoms with Crippen molar-refractivity contribution >= 4 is 17.0 Å². The van der Waals surface area contributed by atoms with Crippen molar-refractivity contribution < 1.29 is 13.9 Å². The van der Waals surface area contributed by atoms with Crippen LogP contribution in [-0.4, -0.2) is 12.6 Å². The minimum Gasteiger partial charge on any atom is -0.462 e. The van der Waals surface area contributed by atoms with Gasteiger partial charge in [-0.3, -0.25) is 0 Å². The van der Waals surface area contributed by atoms with Crippen molar-refractivity contribution in [3.8, 4) is 22.8 Å². The minimum atomic E-state index is -0.712. The van der Waals surface area contributed by atoms with Crippen LogP contribution in [0.1, 0.15) is 11.1 Å². The fourth-order valence-electron chi connectivity index (χ4n) is 4.09. The monoisotopic (exact) mass is 368 g/mol. The highest BCUT2D eigenvalue weighted by molar-refractivity contribution is 5.83. The number of furan rings is 1. The third-order valence-electron chi connectivity index (χ3n) is 5.42. The second-order valence-electron chi connectivity index (χ2n) is 7.06. The number of ether oxygens (including phenoxy) is 2. The van der Waals surface area contributed by atoms with Crippen molar-refractivity contribution in [2.24, 2.45) is 10.7 Å². The van der Waals surface area contributed by atoms with Crippen molar-refractivity contribution in [2.45, 2.75) is 5.54 Å². The van der Waals surface area contributed by atoms with Crippen LogP contribution < -0.4 is 10.5 Å². The Labute approximate surface area is 161 Å². The van der Waals surface area contributed by atoms with Crippen molar-refractivity contribution in [3.05, 3.63) is 83.9 Å². The number of fused-ring (bicyclic) bond motifs is 5. The first-order valence-electron chi connectivity index (χ1n) is 9.12. The first-order valence-corrected chi connectivity index (χ1v) is 9.12. The molecular weight excluding hydrogens is 352 g/mol. The molecule has 1 aromatic heterocycles. The molecule has 0 aliphatic carbocycles. The molecule has 136 valence electrons. The highest BCUT2D eigenvalue weighted by Crippen LogP contribution is 2.51. The number of para-hydroxylation sites is 2. The molecule has 0 saturated carbocycles. The van der Waals surface area contributed by atoms with Crippen LogP contribution in [0.15, 0.2) is 82.2 Å². The number of rotatable bonds is 1. The van der Waals surface area contributed by atoms with E-state index in [1.165, 1.54) is 0 Å². The predicted molar refractivity (Wildman–Crippen MR) is 107 cm³/mol. The fourth-order valence-corrected chi connectivity index (χ4v) is 4.09. The van der Waals surface area contributed by atoms with Gasteiger partial charge in [0.25, 0.3) is 6.02 Å². The molecule has 3 aromatic carbocycles. The van der Waals surface area contributed by atoms with Crippen LogP contribution in [-0.2, 0) is 10.3 Å². The van der Waals surface area contributed by atoms with Gasteiger partial charge < -0.3 is 19.6 Å². The van der Waals surface area contributed by atoms with Gasteiger partial charge in [-0.25, -0.2) is 4.99 Å². The maximum Gasteiger partial charge on any atom is 0.283 e. The number of nitrogens with two attached hydrogens (primary N) is 1. The Morgan fingerprint density at radius 3 is 2.54 bits per heavy atom. The van der Waals surface area contributed by atoms with Crippen molar-refractivity contribution in [2.75, 3.05) is 6.61 Å². The van der Waals surface area contributed by atoms with E-state index in [4.69, 9.17) is 24.6 Å². The zero-order chi connectivity index (χ0) is 18.7. The normalized spacial score (nSPS) is 19.6. The largest absolute Gasteiger partial charge is 0.462 e. The first kappa shape index (κ1) is 15.3. The molecule has 5 heteroatoms. The van der Waals surface area contributed by atoms with Crippen molar-refractivity contribution in [1.29, 1.82) is 0 Å². The highest BCUT2D eigenvalue weighted by Gasteiger charge is 2.46. The minimum absolute atomic E-state index is 0.191. The molecule has 0 bridgehead atoms. The molecule has 0 amide bonds. The number of benzene rings is 3. The topological polar surface area (TPSA) is 70.0 Å². The van der Waals surface area contributed by atoms with Gasteiger partial charge in [-0.1, -0.05) is 36.4 Å². The molecule has 2 aliphatic rings. The molecule has 2 aliphatic heterocycles. The van der Waals surface area contributed by atoms with E-state index >= 15 is 0 Å². The van der Waals surface area contributed by atoms with Gasteiger partial charge in [-0.15, -0.1) is 0 Å². The predicted octanol–water partition coefficient (Wildman–Crippen LogP) is 4.79. The lowest BCUT2D eigenvalue weighted by Crippen LogP contribution is -2.31. The van der Waals surface area contributed by atoms with Gasteiger partial charge in [-0.05, 0) is 36.4 Å². The van der Waals surface area contributed by atoms with E-state index in [1.54, 1.807) is 0 Å². The Hall–Kier alpha value is -3.73. The summed E-state index contributed by atoms with van der Waals surface area (Å²) < 4.78 is 17.8. The van der Waals surface area contributed by atoms with E-state index < -0.39 is 5.54 Å². The van der Waals surface area contributed by atoms with Gasteiger partial charge in [0.1, 0.15) is 29.4 Å². The van der Waals surface area contributed by atoms with Gasteiger partial charge in [0, 0.05) is 22.1 Å². The second kappa shape index (κ2) is 5.39. The molecule has 1 spiro atoms. The molecule has 6 rings (SSSR count). The Morgan fingerprint density at radius 2 is 1.68 bits per heavy atom. The van der Waals surface area contributed by atoms with Gasteiger partial charge in [0.2, 0.25) is 0 Å². The highest BCUT2D eigenvalue weighted by atomic mass is 16.5. The summed E-state index contributed by atoms with van der Waals surface area (Å²) in [6.07, 6.45) is 0. The maximum absolute atomic E-state index is 6.15. The van der Waals surface area contributed by atoms with Crippen LogP contribution in [0.2, 0.25) is 0 Å². The average molecular weight is 368 g/mol. The summed E-state index contributed by atoms with van der Waals surface area (Å²) >= 11 is 0. The summed E-state index contributed by atoms with van der Waals surface area (Å²) in [7, 11) is 0. The Kier molecular flexibility index (Phi) is 2.95. The number of hydrogen-bond acceptors (Lipinski definition) is 5. The Morgan fingerprint density at radius 1 is 0.857 bits per heavy atom. The lowest BCUT2D eigenvalue weighted by molar-refractivity contribution is 0.264. The fraction of sp³-hybridized carbons (Fsp3) is 0.0870. The van der Waals surface area contributed by atoms with E-state index in [-0.39, 0.29) is 6.02 Å². The molecule has 2 N–H and O–H groups in total. The molecule has 28 heavy (non-hydrogen) atoms. The summed E-state index contributed by atoms with van der Waals surface area (Å²) in [6, 6.07) is 24.1. The summed E-state index contributed by atoms with van der Waals surface area (Å²) in [6.45, 7) is 0.343. The maximum atomic E-state index is 6.15. The standard InChI is InChI=1S/C23H16N2O3/c24-22-25-23(13-26-22)16-6-2-4-8-19(16)28-20-10-9-15(11-17(20)23)21-12-14-5-1-3-7-18(14)27-21/h1-12H,13H2,(H2,24,25)/t23-/m0/s1. The van der Waals surface area contributed by atoms with Crippen LogP contribution in [0.4, 0.5) is 0 Å². The van der Waals surface area contributed by atoms with Crippen LogP contribution in [0, 0.1) is 0 Å². The number of hydrogen-bond donors (Lipinski definition) is 1. The van der Waals surface area contributed by atoms with Gasteiger partial charge >= 0.3 is 0 Å². The molecule has 3 heterocycles. The lowest BCUT2D eigenvalue weighted by Gasteiger charge is -2.33. The third kappa shape index (κ3) is 2.04. The smallest absolute Gasteiger partial charge is 0.283 e. The molecule has 4 aromatic rings. The third-order valence-corrected chi connectivity index (χ3v) is 5.42.